The number of carbonyl (C=O) groups excluding carboxylic acids is 1. The van der Waals surface area contributed by atoms with E-state index in [4.69, 9.17) is 16.0 Å². The van der Waals surface area contributed by atoms with Gasteiger partial charge in [-0.1, -0.05) is 23.7 Å². The summed E-state index contributed by atoms with van der Waals surface area (Å²) in [6.07, 6.45) is 1.19. The third-order valence-corrected chi connectivity index (χ3v) is 2.92. The van der Waals surface area contributed by atoms with E-state index < -0.39 is 6.10 Å². The highest BCUT2D eigenvalue weighted by molar-refractivity contribution is 6.30. The lowest BCUT2D eigenvalue weighted by molar-refractivity contribution is 0.0915. The minimum Gasteiger partial charge on any atom is -0.459 e. The Morgan fingerprint density at radius 3 is 2.89 bits per heavy atom. The molecule has 2 rings (SSSR count). The average Bonchev–Trinajstić information content (AvgIpc) is 2.92. The van der Waals surface area contributed by atoms with Gasteiger partial charge in [0.1, 0.15) is 0 Å². The summed E-state index contributed by atoms with van der Waals surface area (Å²) in [6, 6.07) is 10.3. The maximum atomic E-state index is 11.6. The number of nitrogens with one attached hydrogen (secondary N) is 1. The molecular formula is C14H14ClNO3. The summed E-state index contributed by atoms with van der Waals surface area (Å²) in [5.41, 5.74) is 0.736. The first-order valence-corrected chi connectivity index (χ1v) is 6.30. The number of halogens is 1. The lowest BCUT2D eigenvalue weighted by Gasteiger charge is -2.11. The largest absolute Gasteiger partial charge is 0.459 e. The Morgan fingerprint density at radius 2 is 2.21 bits per heavy atom. The molecule has 1 amide bonds. The van der Waals surface area contributed by atoms with Gasteiger partial charge in [-0.05, 0) is 36.2 Å². The van der Waals surface area contributed by atoms with E-state index in [9.17, 15) is 9.90 Å². The maximum absolute atomic E-state index is 11.6. The summed E-state index contributed by atoms with van der Waals surface area (Å²) in [6.45, 7) is 0.354. The molecule has 1 unspecified atom stereocenters. The summed E-state index contributed by atoms with van der Waals surface area (Å²) >= 11 is 5.85. The van der Waals surface area contributed by atoms with Gasteiger partial charge < -0.3 is 14.8 Å². The summed E-state index contributed by atoms with van der Waals surface area (Å²) < 4.78 is 4.96. The minimum absolute atomic E-state index is 0.261. The molecule has 0 aliphatic carbocycles. The zero-order chi connectivity index (χ0) is 13.7. The van der Waals surface area contributed by atoms with Crippen LogP contribution >= 0.6 is 11.6 Å². The van der Waals surface area contributed by atoms with Crippen LogP contribution in [0, 0.1) is 0 Å². The molecule has 1 aromatic carbocycles. The van der Waals surface area contributed by atoms with Crippen LogP contribution in [0.25, 0.3) is 0 Å². The van der Waals surface area contributed by atoms with Gasteiger partial charge in [-0.15, -0.1) is 0 Å². The molecule has 0 radical (unpaired) electrons. The van der Waals surface area contributed by atoms with E-state index >= 15 is 0 Å². The molecule has 1 atom stereocenters. The fourth-order valence-electron chi connectivity index (χ4n) is 1.70. The molecule has 1 heterocycles. The second-order valence-corrected chi connectivity index (χ2v) is 4.53. The van der Waals surface area contributed by atoms with E-state index in [2.05, 4.69) is 5.32 Å². The van der Waals surface area contributed by atoms with Crippen LogP contribution in [0.2, 0.25) is 5.02 Å². The van der Waals surface area contributed by atoms with Crippen LogP contribution in [0.1, 0.15) is 28.6 Å². The SMILES string of the molecule is O=C(NCCC(O)c1cccc(Cl)c1)c1ccco1. The van der Waals surface area contributed by atoms with E-state index in [0.717, 1.165) is 5.56 Å². The van der Waals surface area contributed by atoms with Crippen molar-refractivity contribution in [2.45, 2.75) is 12.5 Å². The van der Waals surface area contributed by atoms with Crippen molar-refractivity contribution in [1.29, 1.82) is 0 Å². The van der Waals surface area contributed by atoms with Crippen molar-refractivity contribution in [2.24, 2.45) is 0 Å². The first-order chi connectivity index (χ1) is 9.16. The third-order valence-electron chi connectivity index (χ3n) is 2.68. The van der Waals surface area contributed by atoms with Gasteiger partial charge in [0, 0.05) is 11.6 Å². The third kappa shape index (κ3) is 3.84. The van der Waals surface area contributed by atoms with Gasteiger partial charge in [0.2, 0.25) is 0 Å². The zero-order valence-corrected chi connectivity index (χ0v) is 10.9. The Kier molecular flexibility index (Phi) is 4.60. The number of hydrogen-bond acceptors (Lipinski definition) is 3. The number of rotatable bonds is 5. The molecule has 0 fully saturated rings. The molecule has 0 bridgehead atoms. The van der Waals surface area contributed by atoms with Crippen molar-refractivity contribution in [2.75, 3.05) is 6.54 Å². The number of furan rings is 1. The van der Waals surface area contributed by atoms with Gasteiger partial charge in [-0.25, -0.2) is 0 Å². The fourth-order valence-corrected chi connectivity index (χ4v) is 1.90. The second-order valence-electron chi connectivity index (χ2n) is 4.09. The molecule has 1 aromatic heterocycles. The minimum atomic E-state index is -0.657. The number of benzene rings is 1. The second kappa shape index (κ2) is 6.41. The van der Waals surface area contributed by atoms with E-state index in [-0.39, 0.29) is 11.7 Å². The number of carbonyl (C=O) groups is 1. The van der Waals surface area contributed by atoms with Gasteiger partial charge in [0.15, 0.2) is 5.76 Å². The maximum Gasteiger partial charge on any atom is 0.286 e. The quantitative estimate of drug-likeness (QED) is 0.885. The summed E-state index contributed by atoms with van der Waals surface area (Å²) in [5.74, 6) is -0.0273. The van der Waals surface area contributed by atoms with Crippen molar-refractivity contribution in [3.05, 3.63) is 59.0 Å². The molecule has 2 N–H and O–H groups in total. The Balaban J connectivity index is 1.81. The van der Waals surface area contributed by atoms with E-state index in [1.54, 1.807) is 36.4 Å². The number of aliphatic hydroxyl groups is 1. The van der Waals surface area contributed by atoms with Gasteiger partial charge in [0.05, 0.1) is 12.4 Å². The molecule has 4 nitrogen and oxygen atoms in total. The van der Waals surface area contributed by atoms with Crippen LogP contribution in [0.4, 0.5) is 0 Å². The molecule has 0 spiro atoms. The van der Waals surface area contributed by atoms with Crippen molar-refractivity contribution in [3.8, 4) is 0 Å². The predicted molar refractivity (Wildman–Crippen MR) is 72.1 cm³/mol. The highest BCUT2D eigenvalue weighted by Gasteiger charge is 2.11. The molecule has 100 valence electrons. The molecule has 5 heteroatoms. The van der Waals surface area contributed by atoms with Crippen molar-refractivity contribution < 1.29 is 14.3 Å². The lowest BCUT2D eigenvalue weighted by Crippen LogP contribution is -2.25. The summed E-state index contributed by atoms with van der Waals surface area (Å²) in [4.78, 5) is 11.6. The van der Waals surface area contributed by atoms with Gasteiger partial charge >= 0.3 is 0 Å². The molecule has 0 saturated heterocycles. The normalized spacial score (nSPS) is 12.1. The first kappa shape index (κ1) is 13.6. The van der Waals surface area contributed by atoms with Crippen molar-refractivity contribution in [3.63, 3.8) is 0 Å². The van der Waals surface area contributed by atoms with Crippen LogP contribution in [0.5, 0.6) is 0 Å². The highest BCUT2D eigenvalue weighted by atomic mass is 35.5. The number of hydrogen-bond donors (Lipinski definition) is 2. The van der Waals surface area contributed by atoms with Crippen LogP contribution in [-0.4, -0.2) is 17.6 Å². The topological polar surface area (TPSA) is 62.5 Å². The fraction of sp³-hybridized carbons (Fsp3) is 0.214. The van der Waals surface area contributed by atoms with Crippen LogP contribution in [0.15, 0.2) is 47.1 Å². The van der Waals surface area contributed by atoms with Crippen molar-refractivity contribution >= 4 is 17.5 Å². The summed E-state index contributed by atoms with van der Waals surface area (Å²) in [7, 11) is 0. The molecule has 2 aromatic rings. The molecular weight excluding hydrogens is 266 g/mol. The van der Waals surface area contributed by atoms with Crippen LogP contribution in [-0.2, 0) is 0 Å². The molecule has 0 aliphatic rings. The van der Waals surface area contributed by atoms with Crippen LogP contribution < -0.4 is 5.32 Å². The molecule has 19 heavy (non-hydrogen) atoms. The first-order valence-electron chi connectivity index (χ1n) is 5.92. The van der Waals surface area contributed by atoms with Crippen molar-refractivity contribution in [1.82, 2.24) is 5.32 Å². The zero-order valence-electron chi connectivity index (χ0n) is 10.2. The summed E-state index contributed by atoms with van der Waals surface area (Å²) in [5, 5.41) is 13.2. The highest BCUT2D eigenvalue weighted by Crippen LogP contribution is 2.19. The number of aliphatic hydroxyl groups excluding tert-OH is 1. The smallest absolute Gasteiger partial charge is 0.286 e. The Labute approximate surface area is 116 Å². The Bertz CT molecular complexity index is 539. The average molecular weight is 280 g/mol. The van der Waals surface area contributed by atoms with Gasteiger partial charge in [-0.2, -0.15) is 0 Å². The Hall–Kier alpha value is -1.78. The lowest BCUT2D eigenvalue weighted by atomic mass is 10.1. The van der Waals surface area contributed by atoms with E-state index in [1.165, 1.54) is 6.26 Å². The monoisotopic (exact) mass is 279 g/mol. The van der Waals surface area contributed by atoms with Crippen LogP contribution in [0.3, 0.4) is 0 Å². The standard InChI is InChI=1S/C14H14ClNO3/c15-11-4-1-3-10(9-11)12(17)6-7-16-14(18)13-5-2-8-19-13/h1-5,8-9,12,17H,6-7H2,(H,16,18). The Morgan fingerprint density at radius 1 is 1.37 bits per heavy atom. The van der Waals surface area contributed by atoms with E-state index in [0.29, 0.717) is 18.0 Å². The predicted octanol–water partition coefficient (Wildman–Crippen LogP) is 2.79. The van der Waals surface area contributed by atoms with E-state index in [1.807, 2.05) is 0 Å². The molecule has 0 saturated carbocycles. The van der Waals surface area contributed by atoms with Gasteiger partial charge in [-0.3, -0.25) is 4.79 Å². The molecule has 0 aliphatic heterocycles. The van der Waals surface area contributed by atoms with Gasteiger partial charge in [0.25, 0.3) is 5.91 Å². The number of amides is 1.